The van der Waals surface area contributed by atoms with Gasteiger partial charge in [0, 0.05) is 6.42 Å². The van der Waals surface area contributed by atoms with E-state index in [1.807, 2.05) is 6.92 Å². The number of aliphatic hydroxyl groups is 1. The van der Waals surface area contributed by atoms with E-state index in [2.05, 4.69) is 6.92 Å². The number of aliphatic carboxylic acids is 1. The fourth-order valence-electron chi connectivity index (χ4n) is 4.06. The van der Waals surface area contributed by atoms with Crippen LogP contribution in [0.4, 0.5) is 0 Å². The Kier molecular flexibility index (Phi) is 11.0. The molecule has 0 bridgehead atoms. The smallest absolute Gasteiger partial charge is 0.359 e. The highest BCUT2D eigenvalue weighted by Crippen LogP contribution is 2.25. The van der Waals surface area contributed by atoms with E-state index in [0.717, 1.165) is 25.2 Å². The first-order chi connectivity index (χ1) is 12.1. The Morgan fingerprint density at radius 3 is 2.20 bits per heavy atom. The van der Waals surface area contributed by atoms with Crippen molar-refractivity contribution in [3.8, 4) is 0 Å². The molecule has 0 aromatic heterocycles. The van der Waals surface area contributed by atoms with Crippen molar-refractivity contribution in [1.82, 2.24) is 0 Å². The Bertz CT molecular complexity index is 412. The monoisotopic (exact) mass is 355 g/mol. The van der Waals surface area contributed by atoms with Crippen LogP contribution in [-0.2, 0) is 4.79 Å². The molecule has 0 fully saturated rings. The van der Waals surface area contributed by atoms with E-state index in [4.69, 9.17) is 4.99 Å². The molecule has 1 aliphatic heterocycles. The van der Waals surface area contributed by atoms with Gasteiger partial charge in [0.25, 0.3) is 0 Å². The number of hydrogen-bond donors (Lipinski definition) is 2. The zero-order chi connectivity index (χ0) is 18.5. The zero-order valence-corrected chi connectivity index (χ0v) is 16.4. The van der Waals surface area contributed by atoms with Crippen LogP contribution < -0.4 is 0 Å². The largest absolute Gasteiger partial charge is 0.477 e. The Labute approximate surface area is 153 Å². The first-order valence-electron chi connectivity index (χ1n) is 10.3. The lowest BCUT2D eigenvalue weighted by Crippen LogP contribution is -2.55. The number of carboxylic acids is 1. The van der Waals surface area contributed by atoms with Crippen LogP contribution in [0.15, 0.2) is 4.99 Å². The van der Waals surface area contributed by atoms with Crippen LogP contribution in [0.25, 0.3) is 0 Å². The summed E-state index contributed by atoms with van der Waals surface area (Å²) in [4.78, 5) is 16.1. The molecule has 0 aromatic rings. The molecule has 2 atom stereocenters. The molecule has 0 amide bonds. The molecule has 146 valence electrons. The number of carboxylic acid groups (broad SMARTS) is 1. The number of carbonyl (C=O) groups is 1. The average Bonchev–Trinajstić information content (AvgIpc) is 2.90. The molecule has 1 rings (SSSR count). The van der Waals surface area contributed by atoms with Crippen molar-refractivity contribution in [2.75, 3.05) is 26.2 Å². The molecule has 2 N–H and O–H groups in total. The summed E-state index contributed by atoms with van der Waals surface area (Å²) in [7, 11) is 0. The summed E-state index contributed by atoms with van der Waals surface area (Å²) in [6.07, 6.45) is 13.6. The minimum absolute atomic E-state index is 0.0110. The van der Waals surface area contributed by atoms with Gasteiger partial charge < -0.3 is 10.2 Å². The summed E-state index contributed by atoms with van der Waals surface area (Å²) in [6, 6.07) is 0.227. The van der Waals surface area contributed by atoms with Gasteiger partial charge in [-0.15, -0.1) is 0 Å². The predicted octanol–water partition coefficient (Wildman–Crippen LogP) is 3.99. The quantitative estimate of drug-likeness (QED) is 0.345. The van der Waals surface area contributed by atoms with Gasteiger partial charge in [-0.3, -0.25) is 4.48 Å². The number of aliphatic imine (C=N–C) groups is 1. The molecule has 0 spiro atoms. The van der Waals surface area contributed by atoms with Crippen molar-refractivity contribution in [3.05, 3.63) is 0 Å². The van der Waals surface area contributed by atoms with Crippen molar-refractivity contribution >= 4 is 11.8 Å². The fraction of sp³-hybridized carbons (Fsp3) is 0.900. The molecular formula is C20H39N2O3+. The first kappa shape index (κ1) is 22.1. The lowest BCUT2D eigenvalue weighted by molar-refractivity contribution is -0.831. The molecule has 0 aliphatic carbocycles. The van der Waals surface area contributed by atoms with Gasteiger partial charge in [-0.2, -0.15) is 0 Å². The summed E-state index contributed by atoms with van der Waals surface area (Å²) in [5, 5.41) is 18.7. The number of rotatable bonds is 15. The number of hydrogen-bond acceptors (Lipinski definition) is 3. The van der Waals surface area contributed by atoms with E-state index < -0.39 is 5.97 Å². The van der Waals surface area contributed by atoms with Gasteiger partial charge in [0.2, 0.25) is 0 Å². The zero-order valence-electron chi connectivity index (χ0n) is 16.4. The number of amidine groups is 1. The second-order valence-corrected chi connectivity index (χ2v) is 7.50. The maximum atomic E-state index is 11.3. The van der Waals surface area contributed by atoms with Crippen molar-refractivity contribution < 1.29 is 19.5 Å². The van der Waals surface area contributed by atoms with Crippen molar-refractivity contribution in [3.63, 3.8) is 0 Å². The first-order valence-corrected chi connectivity index (χ1v) is 10.3. The standard InChI is InChI=1S/C20H38N2O3/c1-3-5-6-7-8-9-10-11-12-13-18-16-22(14-15-23,17-20(24)25)19(4-2)21-18/h18,23H,3-17H2,1-2H3/p+1. The SMILES string of the molecule is CCCCCCCCCCCC1C[N+](CCO)(CC(=O)O)C(CC)=N1. The predicted molar refractivity (Wildman–Crippen MR) is 103 cm³/mol. The van der Waals surface area contributed by atoms with Crippen LogP contribution in [-0.4, -0.2) is 58.8 Å². The van der Waals surface area contributed by atoms with Crippen molar-refractivity contribution in [1.29, 1.82) is 0 Å². The van der Waals surface area contributed by atoms with Gasteiger partial charge in [0.15, 0.2) is 12.4 Å². The Hall–Kier alpha value is -0.940. The van der Waals surface area contributed by atoms with Crippen LogP contribution in [0.2, 0.25) is 0 Å². The summed E-state index contributed by atoms with van der Waals surface area (Å²) < 4.78 is 0.352. The normalized spacial score (nSPS) is 23.0. The van der Waals surface area contributed by atoms with E-state index in [-0.39, 0.29) is 19.2 Å². The Morgan fingerprint density at radius 1 is 1.08 bits per heavy atom. The minimum atomic E-state index is -0.807. The molecule has 0 radical (unpaired) electrons. The third kappa shape index (κ3) is 7.87. The Morgan fingerprint density at radius 2 is 1.68 bits per heavy atom. The molecule has 1 heterocycles. The molecule has 1 aliphatic rings. The molecule has 0 saturated carbocycles. The third-order valence-corrected chi connectivity index (χ3v) is 5.36. The summed E-state index contributed by atoms with van der Waals surface area (Å²) in [5.41, 5.74) is 0. The minimum Gasteiger partial charge on any atom is -0.477 e. The van der Waals surface area contributed by atoms with Gasteiger partial charge in [0.1, 0.15) is 19.1 Å². The van der Waals surface area contributed by atoms with E-state index in [9.17, 15) is 15.0 Å². The lowest BCUT2D eigenvalue weighted by atomic mass is 10.0. The van der Waals surface area contributed by atoms with E-state index >= 15 is 0 Å². The topological polar surface area (TPSA) is 69.9 Å². The second-order valence-electron chi connectivity index (χ2n) is 7.50. The number of quaternary nitrogens is 1. The second kappa shape index (κ2) is 12.4. The van der Waals surface area contributed by atoms with E-state index in [1.54, 1.807) is 0 Å². The molecule has 5 heteroatoms. The molecule has 5 nitrogen and oxygen atoms in total. The third-order valence-electron chi connectivity index (χ3n) is 5.36. The average molecular weight is 356 g/mol. The highest BCUT2D eigenvalue weighted by molar-refractivity contribution is 5.80. The van der Waals surface area contributed by atoms with E-state index in [1.165, 1.54) is 57.8 Å². The summed E-state index contributed by atoms with van der Waals surface area (Å²) >= 11 is 0. The highest BCUT2D eigenvalue weighted by Gasteiger charge is 2.42. The fourth-order valence-corrected chi connectivity index (χ4v) is 4.06. The number of unbranched alkanes of at least 4 members (excludes halogenated alkanes) is 8. The lowest BCUT2D eigenvalue weighted by Gasteiger charge is -2.32. The van der Waals surface area contributed by atoms with Gasteiger partial charge in [-0.25, -0.2) is 9.79 Å². The molecule has 2 unspecified atom stereocenters. The maximum absolute atomic E-state index is 11.3. The summed E-state index contributed by atoms with van der Waals surface area (Å²) in [5.74, 6) is 0.149. The van der Waals surface area contributed by atoms with Gasteiger partial charge >= 0.3 is 5.97 Å². The highest BCUT2D eigenvalue weighted by atomic mass is 16.4. The van der Waals surface area contributed by atoms with E-state index in [0.29, 0.717) is 11.0 Å². The molecule has 25 heavy (non-hydrogen) atoms. The van der Waals surface area contributed by atoms with Crippen LogP contribution in [0.3, 0.4) is 0 Å². The maximum Gasteiger partial charge on any atom is 0.359 e. The van der Waals surface area contributed by atoms with Crippen LogP contribution in [0.1, 0.15) is 84.5 Å². The van der Waals surface area contributed by atoms with Crippen molar-refractivity contribution in [2.45, 2.75) is 90.5 Å². The Balaban J connectivity index is 2.31. The van der Waals surface area contributed by atoms with Crippen LogP contribution in [0, 0.1) is 0 Å². The van der Waals surface area contributed by atoms with Crippen molar-refractivity contribution in [2.24, 2.45) is 4.99 Å². The molecule has 0 aromatic carbocycles. The molecule has 0 saturated heterocycles. The van der Waals surface area contributed by atoms with Crippen LogP contribution in [0.5, 0.6) is 0 Å². The van der Waals surface area contributed by atoms with Crippen LogP contribution >= 0.6 is 0 Å². The molecular weight excluding hydrogens is 316 g/mol. The van der Waals surface area contributed by atoms with Gasteiger partial charge in [-0.05, 0) is 6.42 Å². The van der Waals surface area contributed by atoms with Gasteiger partial charge in [-0.1, -0.05) is 71.6 Å². The number of nitrogens with zero attached hydrogens (tertiary/aromatic N) is 2. The number of aliphatic hydroxyl groups excluding tert-OH is 1. The van der Waals surface area contributed by atoms with Gasteiger partial charge in [0.05, 0.1) is 6.61 Å². The summed E-state index contributed by atoms with van der Waals surface area (Å²) in [6.45, 7) is 5.55.